The van der Waals surface area contributed by atoms with Crippen LogP contribution in [-0.2, 0) is 23.7 Å². The van der Waals surface area contributed by atoms with Crippen LogP contribution in [0, 0.1) is 0 Å². The Morgan fingerprint density at radius 3 is 1.76 bits per heavy atom. The summed E-state index contributed by atoms with van der Waals surface area (Å²) in [6.45, 7) is 1.05. The highest BCUT2D eigenvalue weighted by Gasteiger charge is 2.49. The molecule has 200 valence electrons. The molecule has 2 heterocycles. The van der Waals surface area contributed by atoms with Crippen LogP contribution in [0.15, 0.2) is 0 Å². The van der Waals surface area contributed by atoms with Crippen LogP contribution in [0.4, 0.5) is 0 Å². The van der Waals surface area contributed by atoms with Gasteiger partial charge in [-0.05, 0) is 6.42 Å². The van der Waals surface area contributed by atoms with E-state index < -0.39 is 80.6 Å². The normalized spacial score (nSPS) is 38.6. The molecule has 2 rings (SSSR count). The molecule has 0 bridgehead atoms. The maximum Gasteiger partial charge on any atom is 0.305 e. The fraction of sp³-hybridized carbons (Fsp3) is 0.955. The average Bonchev–Trinajstić information content (AvgIpc) is 2.83. The van der Waals surface area contributed by atoms with Gasteiger partial charge in [-0.2, -0.15) is 0 Å². The highest BCUT2D eigenvalue weighted by atomic mass is 16.8. The molecular formula is C22H40O12. The summed E-state index contributed by atoms with van der Waals surface area (Å²) in [7, 11) is 0. The molecule has 0 amide bonds. The number of hydrogen-bond acceptors (Lipinski definition) is 12. The van der Waals surface area contributed by atoms with E-state index in [9.17, 15) is 40.5 Å². The summed E-state index contributed by atoms with van der Waals surface area (Å²) >= 11 is 0. The van der Waals surface area contributed by atoms with Gasteiger partial charge in [-0.15, -0.1) is 0 Å². The van der Waals surface area contributed by atoms with Gasteiger partial charge < -0.3 is 54.7 Å². The molecule has 34 heavy (non-hydrogen) atoms. The van der Waals surface area contributed by atoms with Crippen LogP contribution in [-0.4, -0.2) is 116 Å². The van der Waals surface area contributed by atoms with Crippen molar-refractivity contribution >= 4 is 5.97 Å². The Bertz CT molecular complexity index is 590. The van der Waals surface area contributed by atoms with Crippen molar-refractivity contribution in [2.45, 2.75) is 120 Å². The summed E-state index contributed by atoms with van der Waals surface area (Å²) in [4.78, 5) is 12.0. The maximum atomic E-state index is 12.0. The van der Waals surface area contributed by atoms with Crippen LogP contribution in [0.25, 0.3) is 0 Å². The molecule has 2 saturated heterocycles. The third-order valence-electron chi connectivity index (χ3n) is 6.18. The van der Waals surface area contributed by atoms with Crippen molar-refractivity contribution in [2.24, 2.45) is 0 Å². The van der Waals surface area contributed by atoms with Gasteiger partial charge in [0.2, 0.25) is 0 Å². The standard InChI is InChI=1S/C22H40O12/c1-2-3-4-5-6-7-8-9-14(24)31-11-13-16(26)18(28)20(30)22(33-13)34-21-19(29)17(27)15(25)12(10-23)32-21/h12-13,15-23,25-30H,2-11H2,1H3/t12-,13+,15-,16-,17+,18+,19+,20+,21-,22-/m1/s1. The van der Waals surface area contributed by atoms with E-state index in [1.807, 2.05) is 0 Å². The molecule has 0 spiro atoms. The van der Waals surface area contributed by atoms with Crippen molar-refractivity contribution in [3.05, 3.63) is 0 Å². The minimum atomic E-state index is -1.76. The van der Waals surface area contributed by atoms with Crippen molar-refractivity contribution in [3.63, 3.8) is 0 Å². The lowest BCUT2D eigenvalue weighted by molar-refractivity contribution is -0.376. The zero-order chi connectivity index (χ0) is 25.3. The Morgan fingerprint density at radius 2 is 1.21 bits per heavy atom. The quantitative estimate of drug-likeness (QED) is 0.113. The number of unbranched alkanes of at least 4 members (excludes halogenated alkanes) is 6. The minimum Gasteiger partial charge on any atom is -0.463 e. The number of carbonyl (C=O) groups excluding carboxylic acids is 1. The molecule has 0 aromatic heterocycles. The number of hydrogen-bond donors (Lipinski definition) is 7. The Labute approximate surface area is 199 Å². The number of esters is 1. The molecule has 10 atom stereocenters. The monoisotopic (exact) mass is 496 g/mol. The summed E-state index contributed by atoms with van der Waals surface area (Å²) < 4.78 is 21.1. The number of rotatable bonds is 13. The van der Waals surface area contributed by atoms with E-state index in [4.69, 9.17) is 18.9 Å². The molecule has 2 aliphatic rings. The van der Waals surface area contributed by atoms with E-state index in [1.54, 1.807) is 0 Å². The topological polar surface area (TPSA) is 196 Å². The van der Waals surface area contributed by atoms with Crippen molar-refractivity contribution in [1.29, 1.82) is 0 Å². The Kier molecular flexibility index (Phi) is 12.6. The molecule has 0 aromatic rings. The van der Waals surface area contributed by atoms with E-state index >= 15 is 0 Å². The van der Waals surface area contributed by atoms with Crippen molar-refractivity contribution < 1.29 is 59.5 Å². The van der Waals surface area contributed by atoms with Gasteiger partial charge in [-0.1, -0.05) is 45.4 Å². The molecule has 7 N–H and O–H groups in total. The van der Waals surface area contributed by atoms with Gasteiger partial charge in [0.15, 0.2) is 12.6 Å². The molecule has 0 aromatic carbocycles. The third kappa shape index (κ3) is 8.05. The summed E-state index contributed by atoms with van der Waals surface area (Å²) in [5.41, 5.74) is 0. The molecule has 2 aliphatic heterocycles. The van der Waals surface area contributed by atoms with Crippen molar-refractivity contribution in [2.75, 3.05) is 13.2 Å². The van der Waals surface area contributed by atoms with E-state index in [0.717, 1.165) is 19.3 Å². The summed E-state index contributed by atoms with van der Waals surface area (Å²) in [5, 5.41) is 69.7. The van der Waals surface area contributed by atoms with Gasteiger partial charge in [-0.25, -0.2) is 0 Å². The van der Waals surface area contributed by atoms with Crippen LogP contribution < -0.4 is 0 Å². The second-order valence-corrected chi connectivity index (χ2v) is 8.90. The van der Waals surface area contributed by atoms with E-state index in [2.05, 4.69) is 6.92 Å². The number of carbonyl (C=O) groups is 1. The third-order valence-corrected chi connectivity index (χ3v) is 6.18. The maximum absolute atomic E-state index is 12.0. The Balaban J connectivity index is 1.83. The predicted molar refractivity (Wildman–Crippen MR) is 115 cm³/mol. The van der Waals surface area contributed by atoms with Gasteiger partial charge in [0.1, 0.15) is 55.4 Å². The predicted octanol–water partition coefficient (Wildman–Crippen LogP) is -1.71. The van der Waals surface area contributed by atoms with Crippen LogP contribution in [0.5, 0.6) is 0 Å². The SMILES string of the molecule is CCCCCCCCCC(=O)OC[C@@H]1O[C@H](O[C@H]2O[C@H](CO)[C@@H](O)[C@H](O)[C@@H]2O)[C@@H](O)[C@@H](O)[C@@H]1O. The van der Waals surface area contributed by atoms with Crippen molar-refractivity contribution in [1.82, 2.24) is 0 Å². The van der Waals surface area contributed by atoms with E-state index in [-0.39, 0.29) is 6.42 Å². The summed E-state index contributed by atoms with van der Waals surface area (Å²) in [6, 6.07) is 0. The summed E-state index contributed by atoms with van der Waals surface area (Å²) in [5.74, 6) is -0.489. The number of aliphatic hydroxyl groups excluding tert-OH is 7. The van der Waals surface area contributed by atoms with Crippen LogP contribution in [0.1, 0.15) is 58.3 Å². The molecule has 0 unspecified atom stereocenters. The van der Waals surface area contributed by atoms with Crippen LogP contribution in [0.2, 0.25) is 0 Å². The molecule has 12 nitrogen and oxygen atoms in total. The zero-order valence-electron chi connectivity index (χ0n) is 19.5. The lowest BCUT2D eigenvalue weighted by Crippen LogP contribution is -2.63. The number of ether oxygens (including phenoxy) is 4. The lowest BCUT2D eigenvalue weighted by Gasteiger charge is -2.44. The Hall–Kier alpha value is -0.930. The Morgan fingerprint density at radius 1 is 0.706 bits per heavy atom. The average molecular weight is 497 g/mol. The van der Waals surface area contributed by atoms with Crippen LogP contribution >= 0.6 is 0 Å². The van der Waals surface area contributed by atoms with E-state index in [0.29, 0.717) is 6.42 Å². The smallest absolute Gasteiger partial charge is 0.305 e. The van der Waals surface area contributed by atoms with Gasteiger partial charge >= 0.3 is 5.97 Å². The first-order valence-corrected chi connectivity index (χ1v) is 12.0. The molecule has 0 saturated carbocycles. The molecule has 0 aliphatic carbocycles. The second kappa shape index (κ2) is 14.6. The first kappa shape index (κ1) is 29.3. The highest BCUT2D eigenvalue weighted by Crippen LogP contribution is 2.28. The minimum absolute atomic E-state index is 0.201. The molecule has 12 heteroatoms. The first-order chi connectivity index (χ1) is 16.2. The van der Waals surface area contributed by atoms with Gasteiger partial charge in [-0.3, -0.25) is 4.79 Å². The highest BCUT2D eigenvalue weighted by molar-refractivity contribution is 5.69. The number of aliphatic hydroxyl groups is 7. The van der Waals surface area contributed by atoms with Crippen LogP contribution in [0.3, 0.4) is 0 Å². The molecular weight excluding hydrogens is 456 g/mol. The second-order valence-electron chi connectivity index (χ2n) is 8.90. The zero-order valence-corrected chi connectivity index (χ0v) is 19.5. The largest absolute Gasteiger partial charge is 0.463 e. The first-order valence-electron chi connectivity index (χ1n) is 12.0. The molecule has 2 fully saturated rings. The summed E-state index contributed by atoms with van der Waals surface area (Å²) in [6.07, 6.45) is -8.41. The van der Waals surface area contributed by atoms with Gasteiger partial charge in [0, 0.05) is 6.42 Å². The van der Waals surface area contributed by atoms with E-state index in [1.165, 1.54) is 19.3 Å². The lowest BCUT2D eigenvalue weighted by atomic mass is 9.98. The fourth-order valence-corrected chi connectivity index (χ4v) is 3.95. The van der Waals surface area contributed by atoms with Gasteiger partial charge in [0.05, 0.1) is 6.61 Å². The van der Waals surface area contributed by atoms with Gasteiger partial charge in [0.25, 0.3) is 0 Å². The molecule has 0 radical (unpaired) electrons. The fourth-order valence-electron chi connectivity index (χ4n) is 3.95. The van der Waals surface area contributed by atoms with Crippen molar-refractivity contribution in [3.8, 4) is 0 Å².